The van der Waals surface area contributed by atoms with Gasteiger partial charge >= 0.3 is 0 Å². The fourth-order valence-electron chi connectivity index (χ4n) is 10.8. The van der Waals surface area contributed by atoms with Gasteiger partial charge in [-0.15, -0.1) is 0 Å². The second kappa shape index (κ2) is 13.3. The van der Waals surface area contributed by atoms with Crippen molar-refractivity contribution in [2.75, 3.05) is 4.90 Å². The van der Waals surface area contributed by atoms with Gasteiger partial charge in [0.1, 0.15) is 11.2 Å². The number of nitrogens with zero attached hydrogens (tertiary/aromatic N) is 1. The number of fused-ring (bicyclic) bond motifs is 9. The molecule has 0 saturated heterocycles. The number of rotatable bonds is 6. The van der Waals surface area contributed by atoms with Crippen molar-refractivity contribution in [1.29, 1.82) is 0 Å². The molecule has 0 saturated carbocycles. The minimum Gasteiger partial charge on any atom is -0.455 e. The van der Waals surface area contributed by atoms with Crippen LogP contribution in [-0.2, 0) is 10.8 Å². The SMILES string of the molecule is CC1(C)c2ccccc2-c2c(-c3ccccc3N(c3cccc(-c4cccc5c4oc4ccccc45)c3)c3ccc4c(c3)-c3ccccc3C4(C)c3ccccc3)cccc21. The zero-order chi connectivity index (χ0) is 40.9. The van der Waals surface area contributed by atoms with E-state index in [-0.39, 0.29) is 10.8 Å². The average molecular weight is 782 g/mol. The van der Waals surface area contributed by atoms with Gasteiger partial charge in [0, 0.05) is 44.1 Å². The lowest BCUT2D eigenvalue weighted by molar-refractivity contribution is 0.660. The summed E-state index contributed by atoms with van der Waals surface area (Å²) in [6, 6.07) is 75.7. The molecule has 12 rings (SSSR count). The van der Waals surface area contributed by atoms with Crippen molar-refractivity contribution >= 4 is 39.0 Å². The maximum Gasteiger partial charge on any atom is 0.143 e. The summed E-state index contributed by atoms with van der Waals surface area (Å²) in [5, 5.41) is 2.26. The Kier molecular flexibility index (Phi) is 7.74. The van der Waals surface area contributed by atoms with Gasteiger partial charge in [0.2, 0.25) is 0 Å². The van der Waals surface area contributed by atoms with E-state index in [0.29, 0.717) is 0 Å². The van der Waals surface area contributed by atoms with Crippen molar-refractivity contribution in [1.82, 2.24) is 0 Å². The van der Waals surface area contributed by atoms with E-state index < -0.39 is 0 Å². The van der Waals surface area contributed by atoms with E-state index in [9.17, 15) is 0 Å². The van der Waals surface area contributed by atoms with Crippen molar-refractivity contribution in [3.8, 4) is 44.5 Å². The van der Waals surface area contributed by atoms with E-state index in [2.05, 4.69) is 226 Å². The highest BCUT2D eigenvalue weighted by atomic mass is 16.3. The number of benzene rings is 9. The molecule has 2 nitrogen and oxygen atoms in total. The molecule has 0 aliphatic heterocycles. The van der Waals surface area contributed by atoms with Crippen LogP contribution in [0.2, 0.25) is 0 Å². The predicted octanol–water partition coefficient (Wildman–Crippen LogP) is 16.0. The lowest BCUT2D eigenvalue weighted by Crippen LogP contribution is -2.22. The second-order valence-electron chi connectivity index (χ2n) is 17.3. The molecule has 1 atom stereocenters. The maximum atomic E-state index is 6.60. The van der Waals surface area contributed by atoms with Crippen LogP contribution in [0.4, 0.5) is 17.1 Å². The van der Waals surface area contributed by atoms with E-state index in [1.165, 1.54) is 61.2 Å². The van der Waals surface area contributed by atoms with Crippen LogP contribution in [0, 0.1) is 0 Å². The number of hydrogen-bond acceptors (Lipinski definition) is 2. The molecule has 0 fully saturated rings. The lowest BCUT2D eigenvalue weighted by Gasteiger charge is -2.31. The molecule has 2 heteroatoms. The molecule has 61 heavy (non-hydrogen) atoms. The zero-order valence-electron chi connectivity index (χ0n) is 34.5. The Morgan fingerprint density at radius 3 is 1.87 bits per heavy atom. The van der Waals surface area contributed by atoms with Crippen LogP contribution in [0.5, 0.6) is 0 Å². The van der Waals surface area contributed by atoms with E-state index in [0.717, 1.165) is 50.1 Å². The van der Waals surface area contributed by atoms with Crippen molar-refractivity contribution in [2.24, 2.45) is 0 Å². The van der Waals surface area contributed by atoms with E-state index in [1.807, 2.05) is 6.07 Å². The third-order valence-corrected chi connectivity index (χ3v) is 13.8. The highest BCUT2D eigenvalue weighted by Crippen LogP contribution is 2.56. The minimum atomic E-state index is -0.287. The largest absolute Gasteiger partial charge is 0.455 e. The van der Waals surface area contributed by atoms with Gasteiger partial charge in [-0.2, -0.15) is 0 Å². The Morgan fingerprint density at radius 2 is 1.00 bits per heavy atom. The molecule has 0 radical (unpaired) electrons. The van der Waals surface area contributed by atoms with Crippen molar-refractivity contribution in [3.05, 3.63) is 234 Å². The van der Waals surface area contributed by atoms with E-state index >= 15 is 0 Å². The van der Waals surface area contributed by atoms with Crippen LogP contribution >= 0.6 is 0 Å². The summed E-state index contributed by atoms with van der Waals surface area (Å²) in [7, 11) is 0. The Balaban J connectivity index is 1.10. The Morgan fingerprint density at radius 1 is 0.393 bits per heavy atom. The summed E-state index contributed by atoms with van der Waals surface area (Å²) >= 11 is 0. The molecule has 1 heterocycles. The molecule has 0 bridgehead atoms. The summed E-state index contributed by atoms with van der Waals surface area (Å²) in [6.45, 7) is 7.11. The van der Waals surface area contributed by atoms with Crippen molar-refractivity contribution in [3.63, 3.8) is 0 Å². The molecule has 9 aromatic carbocycles. The molecule has 2 aliphatic carbocycles. The number of furan rings is 1. The monoisotopic (exact) mass is 781 g/mol. The quantitative estimate of drug-likeness (QED) is 0.167. The normalized spacial score (nSPS) is 15.7. The van der Waals surface area contributed by atoms with Gasteiger partial charge in [-0.05, 0) is 105 Å². The fourth-order valence-corrected chi connectivity index (χ4v) is 10.8. The number of hydrogen-bond donors (Lipinski definition) is 0. The van der Waals surface area contributed by atoms with Gasteiger partial charge in [-0.3, -0.25) is 0 Å². The highest BCUT2D eigenvalue weighted by Gasteiger charge is 2.41. The Hall–Kier alpha value is -7.42. The molecule has 1 unspecified atom stereocenters. The molecule has 0 spiro atoms. The van der Waals surface area contributed by atoms with Crippen LogP contribution in [0.3, 0.4) is 0 Å². The van der Waals surface area contributed by atoms with Gasteiger partial charge < -0.3 is 9.32 Å². The highest BCUT2D eigenvalue weighted by molar-refractivity contribution is 6.10. The van der Waals surface area contributed by atoms with Crippen LogP contribution in [0.15, 0.2) is 211 Å². The van der Waals surface area contributed by atoms with Crippen LogP contribution in [-0.4, -0.2) is 0 Å². The summed E-state index contributed by atoms with van der Waals surface area (Å²) in [5.74, 6) is 0. The topological polar surface area (TPSA) is 16.4 Å². The Labute approximate surface area is 357 Å². The van der Waals surface area contributed by atoms with Gasteiger partial charge in [-0.25, -0.2) is 0 Å². The first-order valence-corrected chi connectivity index (χ1v) is 21.3. The molecular weight excluding hydrogens is 739 g/mol. The summed E-state index contributed by atoms with van der Waals surface area (Å²) in [5.41, 5.74) is 21.2. The van der Waals surface area contributed by atoms with Gasteiger partial charge in [-0.1, -0.05) is 184 Å². The first-order chi connectivity index (χ1) is 29.9. The third-order valence-electron chi connectivity index (χ3n) is 13.8. The molecule has 2 aliphatic rings. The standard InChI is InChI=1S/C59H43NO/c1-58(2)50-29-11-8-25-48(50)56-46(27-17-31-53(56)58)44-23-9-13-32-54(44)60(40-21-15-18-38(36-40)42-26-16-28-47-45-24-10-14-33-55(45)61-57(42)47)41-34-35-52-49(37-41)43-22-7-12-30-51(43)59(52,3)39-19-5-4-6-20-39/h4-37H,1-3H3. The summed E-state index contributed by atoms with van der Waals surface area (Å²) < 4.78 is 6.60. The molecule has 1 aromatic heterocycles. The molecule has 10 aromatic rings. The molecule has 0 amide bonds. The van der Waals surface area contributed by atoms with Crippen LogP contribution < -0.4 is 4.90 Å². The zero-order valence-corrected chi connectivity index (χ0v) is 34.5. The first-order valence-electron chi connectivity index (χ1n) is 21.3. The van der Waals surface area contributed by atoms with Gasteiger partial charge in [0.15, 0.2) is 0 Å². The second-order valence-corrected chi connectivity index (χ2v) is 17.3. The van der Waals surface area contributed by atoms with Crippen molar-refractivity contribution < 1.29 is 4.42 Å². The fraction of sp³-hybridized carbons (Fsp3) is 0.0847. The lowest BCUT2D eigenvalue weighted by atomic mass is 9.74. The molecule has 290 valence electrons. The van der Waals surface area contributed by atoms with Gasteiger partial charge in [0.05, 0.1) is 5.69 Å². The first kappa shape index (κ1) is 35.5. The van der Waals surface area contributed by atoms with Crippen LogP contribution in [0.1, 0.15) is 48.6 Å². The molecular formula is C59H43NO. The van der Waals surface area contributed by atoms with E-state index in [4.69, 9.17) is 4.42 Å². The smallest absolute Gasteiger partial charge is 0.143 e. The van der Waals surface area contributed by atoms with Crippen molar-refractivity contribution in [2.45, 2.75) is 31.6 Å². The Bertz CT molecular complexity index is 3370. The summed E-state index contributed by atoms with van der Waals surface area (Å²) in [4.78, 5) is 2.48. The number of para-hydroxylation sites is 3. The summed E-state index contributed by atoms with van der Waals surface area (Å²) in [6.07, 6.45) is 0. The third kappa shape index (κ3) is 5.15. The van der Waals surface area contributed by atoms with Crippen LogP contribution in [0.25, 0.3) is 66.4 Å². The minimum absolute atomic E-state index is 0.110. The predicted molar refractivity (Wildman–Crippen MR) is 254 cm³/mol. The van der Waals surface area contributed by atoms with Gasteiger partial charge in [0.25, 0.3) is 0 Å². The van der Waals surface area contributed by atoms with E-state index in [1.54, 1.807) is 0 Å². The average Bonchev–Trinajstić information content (AvgIpc) is 3.91. The molecule has 0 N–H and O–H groups in total. The number of anilines is 3. The maximum absolute atomic E-state index is 6.60.